The summed E-state index contributed by atoms with van der Waals surface area (Å²) in [5.74, 6) is 0. The van der Waals surface area contributed by atoms with Crippen LogP contribution in [0.15, 0.2) is 18.2 Å². The van der Waals surface area contributed by atoms with E-state index in [0.717, 1.165) is 37.3 Å². The molecule has 0 saturated carbocycles. The van der Waals surface area contributed by atoms with Crippen molar-refractivity contribution in [3.05, 3.63) is 29.3 Å². The summed E-state index contributed by atoms with van der Waals surface area (Å²) in [6.45, 7) is 6.98. The Morgan fingerprint density at radius 1 is 1.35 bits per heavy atom. The van der Waals surface area contributed by atoms with Crippen LogP contribution >= 0.6 is 0 Å². The lowest BCUT2D eigenvalue weighted by Gasteiger charge is -2.18. The van der Waals surface area contributed by atoms with Crippen LogP contribution in [0.4, 0.5) is 5.69 Å². The standard InChI is InChI=1S/C14H21N3/c1-4-8-16-11-12-6-7-14(17(3)5-2)13(9-12)10-15/h6-7,9,16H,4-5,8,11H2,1-3H3. The second-order valence-electron chi connectivity index (χ2n) is 4.15. The van der Waals surface area contributed by atoms with Crippen molar-refractivity contribution >= 4 is 5.69 Å². The van der Waals surface area contributed by atoms with Crippen LogP contribution in [0.25, 0.3) is 0 Å². The molecule has 0 aromatic heterocycles. The number of hydrogen-bond donors (Lipinski definition) is 1. The van der Waals surface area contributed by atoms with Crippen molar-refractivity contribution in [1.82, 2.24) is 5.32 Å². The molecule has 0 fully saturated rings. The Balaban J connectivity index is 2.82. The van der Waals surface area contributed by atoms with Gasteiger partial charge in [-0.3, -0.25) is 0 Å². The topological polar surface area (TPSA) is 39.1 Å². The zero-order valence-electron chi connectivity index (χ0n) is 11.0. The van der Waals surface area contributed by atoms with E-state index in [1.807, 2.05) is 19.2 Å². The predicted molar refractivity (Wildman–Crippen MR) is 72.1 cm³/mol. The molecule has 0 bridgehead atoms. The van der Waals surface area contributed by atoms with E-state index in [9.17, 15) is 0 Å². The number of nitriles is 1. The fraction of sp³-hybridized carbons (Fsp3) is 0.500. The zero-order chi connectivity index (χ0) is 12.7. The highest BCUT2D eigenvalue weighted by Gasteiger charge is 2.06. The van der Waals surface area contributed by atoms with Gasteiger partial charge in [-0.05, 0) is 37.6 Å². The zero-order valence-corrected chi connectivity index (χ0v) is 11.0. The maximum Gasteiger partial charge on any atom is 0.101 e. The molecule has 0 aliphatic heterocycles. The van der Waals surface area contributed by atoms with Gasteiger partial charge in [0.2, 0.25) is 0 Å². The van der Waals surface area contributed by atoms with Gasteiger partial charge in [-0.1, -0.05) is 13.0 Å². The summed E-state index contributed by atoms with van der Waals surface area (Å²) in [6.07, 6.45) is 1.13. The Labute approximate surface area is 104 Å². The molecule has 0 unspecified atom stereocenters. The quantitative estimate of drug-likeness (QED) is 0.765. The van der Waals surface area contributed by atoms with E-state index in [0.29, 0.717) is 0 Å². The molecular formula is C14H21N3. The van der Waals surface area contributed by atoms with Crippen LogP contribution in [0, 0.1) is 11.3 Å². The van der Waals surface area contributed by atoms with Crippen molar-refractivity contribution in [2.75, 3.05) is 25.0 Å². The van der Waals surface area contributed by atoms with E-state index < -0.39 is 0 Å². The summed E-state index contributed by atoms with van der Waals surface area (Å²) >= 11 is 0. The van der Waals surface area contributed by atoms with Crippen LogP contribution in [-0.4, -0.2) is 20.1 Å². The highest BCUT2D eigenvalue weighted by atomic mass is 15.1. The number of anilines is 1. The minimum absolute atomic E-state index is 0.755. The molecule has 1 rings (SSSR count). The van der Waals surface area contributed by atoms with Gasteiger partial charge in [-0.15, -0.1) is 0 Å². The molecule has 1 N–H and O–H groups in total. The van der Waals surface area contributed by atoms with Crippen molar-refractivity contribution in [3.63, 3.8) is 0 Å². The number of benzene rings is 1. The fourth-order valence-corrected chi connectivity index (χ4v) is 1.70. The Bertz CT molecular complexity index is 393. The maximum atomic E-state index is 9.16. The molecule has 0 radical (unpaired) electrons. The van der Waals surface area contributed by atoms with Crippen LogP contribution in [-0.2, 0) is 6.54 Å². The van der Waals surface area contributed by atoms with Crippen molar-refractivity contribution < 1.29 is 0 Å². The van der Waals surface area contributed by atoms with Crippen LogP contribution < -0.4 is 10.2 Å². The molecule has 0 heterocycles. The predicted octanol–water partition coefficient (Wildman–Crippen LogP) is 2.51. The number of nitrogens with one attached hydrogen (secondary N) is 1. The lowest BCUT2D eigenvalue weighted by molar-refractivity contribution is 0.675. The Kier molecular flexibility index (Phi) is 5.51. The maximum absolute atomic E-state index is 9.16. The highest BCUT2D eigenvalue weighted by Crippen LogP contribution is 2.20. The molecule has 0 saturated heterocycles. The first-order valence-electron chi connectivity index (χ1n) is 6.17. The first-order chi connectivity index (χ1) is 8.22. The molecule has 0 aliphatic rings. The molecule has 1 aromatic rings. The third-order valence-electron chi connectivity index (χ3n) is 2.82. The minimum Gasteiger partial charge on any atom is -0.374 e. The van der Waals surface area contributed by atoms with E-state index in [2.05, 4.69) is 36.2 Å². The number of rotatable bonds is 6. The molecule has 92 valence electrons. The van der Waals surface area contributed by atoms with Crippen molar-refractivity contribution in [1.29, 1.82) is 5.26 Å². The highest BCUT2D eigenvalue weighted by molar-refractivity contribution is 5.60. The normalized spacial score (nSPS) is 10.0. The average molecular weight is 231 g/mol. The molecule has 0 amide bonds. The molecule has 3 nitrogen and oxygen atoms in total. The largest absolute Gasteiger partial charge is 0.374 e. The summed E-state index contributed by atoms with van der Waals surface area (Å²) in [5, 5.41) is 12.5. The summed E-state index contributed by atoms with van der Waals surface area (Å²) in [5.41, 5.74) is 2.93. The van der Waals surface area contributed by atoms with Crippen LogP contribution in [0.2, 0.25) is 0 Å². The van der Waals surface area contributed by atoms with Gasteiger partial charge < -0.3 is 10.2 Å². The summed E-state index contributed by atoms with van der Waals surface area (Å²) in [7, 11) is 2.01. The summed E-state index contributed by atoms with van der Waals surface area (Å²) in [6, 6.07) is 8.37. The minimum atomic E-state index is 0.755. The monoisotopic (exact) mass is 231 g/mol. The Hall–Kier alpha value is -1.53. The SMILES string of the molecule is CCCNCc1ccc(N(C)CC)c(C#N)c1. The van der Waals surface area contributed by atoms with Gasteiger partial charge in [0.1, 0.15) is 6.07 Å². The Morgan fingerprint density at radius 2 is 2.12 bits per heavy atom. The molecule has 3 heteroatoms. The molecule has 0 spiro atoms. The van der Waals surface area contributed by atoms with Crippen molar-refractivity contribution in [3.8, 4) is 6.07 Å². The van der Waals surface area contributed by atoms with Crippen LogP contribution in [0.5, 0.6) is 0 Å². The fourth-order valence-electron chi connectivity index (χ4n) is 1.70. The first-order valence-corrected chi connectivity index (χ1v) is 6.17. The van der Waals surface area contributed by atoms with E-state index in [1.165, 1.54) is 5.56 Å². The number of nitrogens with zero attached hydrogens (tertiary/aromatic N) is 2. The van der Waals surface area contributed by atoms with Crippen molar-refractivity contribution in [2.45, 2.75) is 26.8 Å². The molecule has 17 heavy (non-hydrogen) atoms. The van der Waals surface area contributed by atoms with Gasteiger partial charge in [0.25, 0.3) is 0 Å². The number of hydrogen-bond acceptors (Lipinski definition) is 3. The second kappa shape index (κ2) is 6.93. The summed E-state index contributed by atoms with van der Waals surface area (Å²) in [4.78, 5) is 2.09. The summed E-state index contributed by atoms with van der Waals surface area (Å²) < 4.78 is 0. The van der Waals surface area contributed by atoms with Crippen LogP contribution in [0.1, 0.15) is 31.4 Å². The Morgan fingerprint density at radius 3 is 2.71 bits per heavy atom. The third kappa shape index (κ3) is 3.76. The van der Waals surface area contributed by atoms with Gasteiger partial charge in [0.15, 0.2) is 0 Å². The van der Waals surface area contributed by atoms with Gasteiger partial charge in [0, 0.05) is 20.1 Å². The van der Waals surface area contributed by atoms with Crippen molar-refractivity contribution in [2.24, 2.45) is 0 Å². The third-order valence-corrected chi connectivity index (χ3v) is 2.82. The van der Waals surface area contributed by atoms with E-state index in [-0.39, 0.29) is 0 Å². The lowest BCUT2D eigenvalue weighted by Crippen LogP contribution is -2.18. The lowest BCUT2D eigenvalue weighted by atomic mass is 10.1. The van der Waals surface area contributed by atoms with Gasteiger partial charge in [-0.2, -0.15) is 5.26 Å². The van der Waals surface area contributed by atoms with Gasteiger partial charge >= 0.3 is 0 Å². The smallest absolute Gasteiger partial charge is 0.101 e. The molecule has 0 aliphatic carbocycles. The molecule has 1 aromatic carbocycles. The molecular weight excluding hydrogens is 210 g/mol. The van der Waals surface area contributed by atoms with Crippen LogP contribution in [0.3, 0.4) is 0 Å². The second-order valence-corrected chi connectivity index (χ2v) is 4.15. The van der Waals surface area contributed by atoms with E-state index in [1.54, 1.807) is 0 Å². The average Bonchev–Trinajstić information content (AvgIpc) is 2.38. The first kappa shape index (κ1) is 13.5. The van der Waals surface area contributed by atoms with Gasteiger partial charge in [0.05, 0.1) is 11.3 Å². The van der Waals surface area contributed by atoms with Gasteiger partial charge in [-0.25, -0.2) is 0 Å². The van der Waals surface area contributed by atoms with E-state index >= 15 is 0 Å². The molecule has 0 atom stereocenters. The van der Waals surface area contributed by atoms with E-state index in [4.69, 9.17) is 5.26 Å².